The molecule has 7 heteroatoms. The molecule has 1 heterocycles. The van der Waals surface area contributed by atoms with Crippen molar-refractivity contribution in [2.45, 2.75) is 6.54 Å². The van der Waals surface area contributed by atoms with Gasteiger partial charge in [-0.25, -0.2) is 0 Å². The summed E-state index contributed by atoms with van der Waals surface area (Å²) in [6, 6.07) is 7.74. The van der Waals surface area contributed by atoms with E-state index >= 15 is 0 Å². The highest BCUT2D eigenvalue weighted by Gasteiger charge is 2.19. The topological polar surface area (TPSA) is 73.0 Å². The first kappa shape index (κ1) is 12.6. The van der Waals surface area contributed by atoms with Gasteiger partial charge < -0.3 is 15.4 Å². The summed E-state index contributed by atoms with van der Waals surface area (Å²) in [4.78, 5) is 14.0. The molecule has 2 rings (SSSR count). The molecule has 0 aliphatic heterocycles. The molecule has 0 aliphatic rings. The maximum absolute atomic E-state index is 10.8. The number of halogens is 1. The van der Waals surface area contributed by atoms with Crippen LogP contribution in [0.5, 0.6) is 0 Å². The molecule has 6 nitrogen and oxygen atoms in total. The van der Waals surface area contributed by atoms with E-state index in [9.17, 15) is 10.1 Å². The van der Waals surface area contributed by atoms with Crippen LogP contribution in [0.3, 0.4) is 0 Å². The first-order valence-corrected chi connectivity index (χ1v) is 6.01. The van der Waals surface area contributed by atoms with Crippen LogP contribution < -0.4 is 5.32 Å². The van der Waals surface area contributed by atoms with E-state index in [0.717, 1.165) is 10.0 Å². The van der Waals surface area contributed by atoms with Gasteiger partial charge >= 0.3 is 5.82 Å². The molecule has 0 fully saturated rings. The van der Waals surface area contributed by atoms with Crippen LogP contribution in [0.15, 0.2) is 35.1 Å². The Morgan fingerprint density at radius 2 is 2.33 bits per heavy atom. The molecule has 0 unspecified atom stereocenters. The van der Waals surface area contributed by atoms with Crippen LogP contribution >= 0.6 is 15.9 Å². The fourth-order valence-corrected chi connectivity index (χ4v) is 2.03. The summed E-state index contributed by atoms with van der Waals surface area (Å²) in [6.07, 6.45) is 1.42. The molecule has 0 radical (unpaired) electrons. The van der Waals surface area contributed by atoms with Crippen molar-refractivity contribution in [3.63, 3.8) is 0 Å². The van der Waals surface area contributed by atoms with Gasteiger partial charge in [0, 0.05) is 18.1 Å². The van der Waals surface area contributed by atoms with E-state index in [-0.39, 0.29) is 5.82 Å². The number of imidazole rings is 1. The second kappa shape index (κ2) is 5.18. The molecule has 0 atom stereocenters. The number of nitro groups is 1. The first-order valence-electron chi connectivity index (χ1n) is 5.22. The van der Waals surface area contributed by atoms with Crippen molar-refractivity contribution in [2.24, 2.45) is 7.05 Å². The summed E-state index contributed by atoms with van der Waals surface area (Å²) in [5.41, 5.74) is 1.03. The third-order valence-corrected chi connectivity index (χ3v) is 2.93. The molecule has 18 heavy (non-hydrogen) atoms. The van der Waals surface area contributed by atoms with E-state index in [2.05, 4.69) is 26.2 Å². The number of benzene rings is 1. The van der Waals surface area contributed by atoms with Crippen molar-refractivity contribution >= 4 is 27.6 Å². The molecule has 94 valence electrons. The summed E-state index contributed by atoms with van der Waals surface area (Å²) in [5, 5.41) is 13.8. The number of hydrogen-bond donors (Lipinski definition) is 1. The number of aryl methyl sites for hydroxylation is 1. The van der Waals surface area contributed by atoms with Crippen LogP contribution in [0.2, 0.25) is 0 Å². The lowest BCUT2D eigenvalue weighted by molar-refractivity contribution is -0.388. The van der Waals surface area contributed by atoms with Crippen molar-refractivity contribution < 1.29 is 4.92 Å². The Balaban J connectivity index is 2.15. The summed E-state index contributed by atoms with van der Waals surface area (Å²) >= 11 is 3.38. The summed E-state index contributed by atoms with van der Waals surface area (Å²) in [6.45, 7) is 0.500. The lowest BCUT2D eigenvalue weighted by Crippen LogP contribution is -2.05. The number of rotatable bonds is 4. The van der Waals surface area contributed by atoms with Crippen molar-refractivity contribution in [3.8, 4) is 0 Å². The van der Waals surface area contributed by atoms with Crippen LogP contribution in [0, 0.1) is 10.1 Å². The van der Waals surface area contributed by atoms with Crippen molar-refractivity contribution in [1.29, 1.82) is 0 Å². The largest absolute Gasteiger partial charge is 0.406 e. The molecular formula is C11H11BrN4O2. The molecule has 0 aliphatic carbocycles. The van der Waals surface area contributed by atoms with Crippen LogP contribution in [-0.4, -0.2) is 14.5 Å². The van der Waals surface area contributed by atoms with Gasteiger partial charge in [0.15, 0.2) is 0 Å². The Kier molecular flexibility index (Phi) is 3.61. The van der Waals surface area contributed by atoms with Gasteiger partial charge in [-0.2, -0.15) is 0 Å². The van der Waals surface area contributed by atoms with Gasteiger partial charge in [-0.3, -0.25) is 4.57 Å². The van der Waals surface area contributed by atoms with E-state index in [0.29, 0.717) is 12.4 Å². The zero-order valence-corrected chi connectivity index (χ0v) is 11.2. The Labute approximate surface area is 112 Å². The summed E-state index contributed by atoms with van der Waals surface area (Å²) in [7, 11) is 1.71. The third kappa shape index (κ3) is 2.67. The molecule has 0 spiro atoms. The molecule has 1 aromatic heterocycles. The minimum absolute atomic E-state index is 0.160. The van der Waals surface area contributed by atoms with Gasteiger partial charge in [-0.05, 0) is 27.6 Å². The lowest BCUT2D eigenvalue weighted by Gasteiger charge is -2.06. The molecular weight excluding hydrogens is 300 g/mol. The van der Waals surface area contributed by atoms with Crippen molar-refractivity contribution in [2.75, 3.05) is 5.32 Å². The van der Waals surface area contributed by atoms with Gasteiger partial charge in [-0.15, -0.1) is 0 Å². The van der Waals surface area contributed by atoms with Crippen molar-refractivity contribution in [1.82, 2.24) is 9.55 Å². The number of nitrogens with one attached hydrogen (secondary N) is 1. The molecule has 0 amide bonds. The Bertz CT molecular complexity index is 582. The van der Waals surface area contributed by atoms with E-state index in [1.54, 1.807) is 11.6 Å². The zero-order valence-electron chi connectivity index (χ0n) is 9.63. The molecule has 1 N–H and O–H groups in total. The Morgan fingerprint density at radius 1 is 1.56 bits per heavy atom. The third-order valence-electron chi connectivity index (χ3n) is 2.44. The molecule has 0 bridgehead atoms. The monoisotopic (exact) mass is 310 g/mol. The lowest BCUT2D eigenvalue weighted by atomic mass is 10.2. The molecule has 1 aromatic carbocycles. The van der Waals surface area contributed by atoms with Gasteiger partial charge in [0.1, 0.15) is 0 Å². The normalized spacial score (nSPS) is 10.3. The quantitative estimate of drug-likeness (QED) is 0.696. The van der Waals surface area contributed by atoms with E-state index < -0.39 is 4.92 Å². The highest BCUT2D eigenvalue weighted by molar-refractivity contribution is 9.10. The minimum atomic E-state index is -0.497. The average molecular weight is 311 g/mol. The second-order valence-electron chi connectivity index (χ2n) is 3.77. The SMILES string of the molecule is Cn1cnc([N+](=O)[O-])c1NCc1cccc(Br)c1. The number of aromatic nitrogens is 2. The zero-order chi connectivity index (χ0) is 13.1. The van der Waals surface area contributed by atoms with Gasteiger partial charge in [0.2, 0.25) is 12.1 Å². The van der Waals surface area contributed by atoms with Crippen LogP contribution in [0.1, 0.15) is 5.56 Å². The van der Waals surface area contributed by atoms with Gasteiger partial charge in [0.25, 0.3) is 0 Å². The van der Waals surface area contributed by atoms with Gasteiger partial charge in [-0.1, -0.05) is 28.1 Å². The van der Waals surface area contributed by atoms with E-state index in [1.807, 2.05) is 24.3 Å². The second-order valence-corrected chi connectivity index (χ2v) is 4.68. The predicted octanol–water partition coefficient (Wildman–Crippen LogP) is 2.70. The van der Waals surface area contributed by atoms with Crippen LogP contribution in [0.4, 0.5) is 11.6 Å². The number of nitrogens with zero attached hydrogens (tertiary/aromatic N) is 3. The smallest absolute Gasteiger partial charge is 0.360 e. The van der Waals surface area contributed by atoms with Crippen molar-refractivity contribution in [3.05, 3.63) is 50.7 Å². The van der Waals surface area contributed by atoms with Crippen LogP contribution in [-0.2, 0) is 13.6 Å². The number of hydrogen-bond acceptors (Lipinski definition) is 4. The maximum atomic E-state index is 10.8. The molecule has 0 saturated heterocycles. The first-order chi connectivity index (χ1) is 8.58. The predicted molar refractivity (Wildman–Crippen MR) is 71.3 cm³/mol. The summed E-state index contributed by atoms with van der Waals surface area (Å²) < 4.78 is 2.57. The fraction of sp³-hybridized carbons (Fsp3) is 0.182. The molecule has 0 saturated carbocycles. The molecule has 2 aromatic rings. The summed E-state index contributed by atoms with van der Waals surface area (Å²) in [5.74, 6) is 0.243. The Hall–Kier alpha value is -1.89. The van der Waals surface area contributed by atoms with Gasteiger partial charge in [0.05, 0.1) is 0 Å². The Morgan fingerprint density at radius 3 is 3.00 bits per heavy atom. The standard InChI is InChI=1S/C11H11BrN4O2/c1-15-7-14-11(16(17)18)10(15)13-6-8-3-2-4-9(12)5-8/h2-5,7,13H,6H2,1H3. The highest BCUT2D eigenvalue weighted by atomic mass is 79.9. The fourth-order valence-electron chi connectivity index (χ4n) is 1.59. The minimum Gasteiger partial charge on any atom is -0.360 e. The van der Waals surface area contributed by atoms with E-state index in [4.69, 9.17) is 0 Å². The maximum Gasteiger partial charge on any atom is 0.406 e. The van der Waals surface area contributed by atoms with E-state index in [1.165, 1.54) is 6.33 Å². The average Bonchev–Trinajstić information content (AvgIpc) is 2.68. The highest BCUT2D eigenvalue weighted by Crippen LogP contribution is 2.22. The number of anilines is 1. The van der Waals surface area contributed by atoms with Crippen LogP contribution in [0.25, 0.3) is 0 Å².